The van der Waals surface area contributed by atoms with Crippen LogP contribution in [-0.4, -0.2) is 34.4 Å². The number of nitrogens with one attached hydrogen (secondary N) is 2. The van der Waals surface area contributed by atoms with Crippen LogP contribution in [0.4, 0.5) is 5.69 Å². The van der Waals surface area contributed by atoms with E-state index in [2.05, 4.69) is 20.8 Å². The molecule has 0 atom stereocenters. The highest BCUT2D eigenvalue weighted by Gasteiger charge is 2.21. The number of pyridine rings is 1. The van der Waals surface area contributed by atoms with E-state index in [0.717, 1.165) is 11.3 Å². The number of hydrogen-bond acceptors (Lipinski definition) is 7. The number of furan rings is 1. The van der Waals surface area contributed by atoms with Crippen molar-refractivity contribution in [1.29, 1.82) is 0 Å². The first-order chi connectivity index (χ1) is 15.7. The number of aromatic nitrogens is 2. The molecule has 168 valence electrons. The average Bonchev–Trinajstić information content (AvgIpc) is 3.32. The van der Waals surface area contributed by atoms with E-state index >= 15 is 0 Å². The van der Waals surface area contributed by atoms with E-state index in [1.807, 2.05) is 19.9 Å². The third-order valence-electron chi connectivity index (χ3n) is 4.98. The Labute approximate surface area is 188 Å². The van der Waals surface area contributed by atoms with Crippen molar-refractivity contribution in [2.24, 2.45) is 5.73 Å². The van der Waals surface area contributed by atoms with E-state index in [1.165, 1.54) is 6.07 Å². The van der Waals surface area contributed by atoms with Gasteiger partial charge >= 0.3 is 0 Å². The second-order valence-electron chi connectivity index (χ2n) is 7.51. The number of aryl methyl sites for hydroxylation is 3. The Morgan fingerprint density at radius 1 is 1.06 bits per heavy atom. The van der Waals surface area contributed by atoms with Crippen LogP contribution < -0.4 is 16.4 Å². The normalized spacial score (nSPS) is 10.9. The molecule has 0 bridgehead atoms. The molecule has 4 rings (SSSR count). The molecule has 4 N–H and O–H groups in total. The highest BCUT2D eigenvalue weighted by Crippen LogP contribution is 2.30. The maximum atomic E-state index is 13.3. The average molecular weight is 447 g/mol. The Hall–Kier alpha value is -4.47. The van der Waals surface area contributed by atoms with Crippen LogP contribution in [-0.2, 0) is 4.79 Å². The summed E-state index contributed by atoms with van der Waals surface area (Å²) in [5.74, 6) is -0.189. The van der Waals surface area contributed by atoms with Gasteiger partial charge in [-0.1, -0.05) is 11.2 Å². The van der Waals surface area contributed by atoms with Gasteiger partial charge in [-0.3, -0.25) is 14.4 Å². The Kier molecular flexibility index (Phi) is 5.65. The first kappa shape index (κ1) is 21.8. The van der Waals surface area contributed by atoms with Gasteiger partial charge < -0.3 is 25.3 Å². The van der Waals surface area contributed by atoms with Crippen molar-refractivity contribution < 1.29 is 23.3 Å². The minimum Gasteiger partial charge on any atom is -0.466 e. The van der Waals surface area contributed by atoms with E-state index in [-0.39, 0.29) is 17.8 Å². The van der Waals surface area contributed by atoms with Crippen molar-refractivity contribution in [3.63, 3.8) is 0 Å². The van der Waals surface area contributed by atoms with E-state index < -0.39 is 17.7 Å². The van der Waals surface area contributed by atoms with Crippen molar-refractivity contribution >= 4 is 34.5 Å². The SMILES string of the molecule is Cc1cc(-c2cc(C(=O)Nc3cccc(C(=O)NCC(N)=O)c3)c3c(C)noc3n2)c(C)o1. The predicted molar refractivity (Wildman–Crippen MR) is 120 cm³/mol. The molecule has 0 saturated heterocycles. The zero-order valence-electron chi connectivity index (χ0n) is 18.2. The zero-order chi connectivity index (χ0) is 23.7. The van der Waals surface area contributed by atoms with Crippen LogP contribution in [0.15, 0.2) is 45.3 Å². The van der Waals surface area contributed by atoms with Gasteiger partial charge in [0.15, 0.2) is 0 Å². The minimum absolute atomic E-state index is 0.230. The predicted octanol–water partition coefficient (Wildman–Crippen LogP) is 2.88. The quantitative estimate of drug-likeness (QED) is 0.411. The van der Waals surface area contributed by atoms with Gasteiger partial charge in [0.1, 0.15) is 11.5 Å². The fraction of sp³-hybridized carbons (Fsp3) is 0.174. The van der Waals surface area contributed by atoms with Crippen LogP contribution in [0.3, 0.4) is 0 Å². The third kappa shape index (κ3) is 4.45. The number of rotatable bonds is 6. The van der Waals surface area contributed by atoms with Crippen LogP contribution in [0.25, 0.3) is 22.4 Å². The first-order valence-corrected chi connectivity index (χ1v) is 10.0. The van der Waals surface area contributed by atoms with Crippen LogP contribution >= 0.6 is 0 Å². The molecule has 1 aromatic carbocycles. The van der Waals surface area contributed by atoms with Gasteiger partial charge in [-0.15, -0.1) is 0 Å². The summed E-state index contributed by atoms with van der Waals surface area (Å²) in [6.07, 6.45) is 0. The van der Waals surface area contributed by atoms with Crippen molar-refractivity contribution in [2.45, 2.75) is 20.8 Å². The van der Waals surface area contributed by atoms with E-state index in [1.54, 1.807) is 31.2 Å². The van der Waals surface area contributed by atoms with Gasteiger partial charge in [-0.2, -0.15) is 0 Å². The van der Waals surface area contributed by atoms with Crippen molar-refractivity contribution in [1.82, 2.24) is 15.5 Å². The molecule has 4 aromatic rings. The molecule has 0 aliphatic carbocycles. The lowest BCUT2D eigenvalue weighted by molar-refractivity contribution is -0.117. The summed E-state index contributed by atoms with van der Waals surface area (Å²) in [6.45, 7) is 5.08. The molecule has 3 heterocycles. The highest BCUT2D eigenvalue weighted by molar-refractivity contribution is 6.13. The van der Waals surface area contributed by atoms with Gasteiger partial charge in [0.2, 0.25) is 5.91 Å². The molecule has 0 unspecified atom stereocenters. The van der Waals surface area contributed by atoms with Crippen molar-refractivity contribution in [3.05, 3.63) is 64.7 Å². The molecule has 0 spiro atoms. The summed E-state index contributed by atoms with van der Waals surface area (Å²) in [5, 5.41) is 9.64. The number of anilines is 1. The van der Waals surface area contributed by atoms with E-state index in [9.17, 15) is 14.4 Å². The summed E-state index contributed by atoms with van der Waals surface area (Å²) in [5.41, 5.74) is 8.03. The van der Waals surface area contributed by atoms with Crippen LogP contribution in [0, 0.1) is 20.8 Å². The van der Waals surface area contributed by atoms with Crippen molar-refractivity contribution in [2.75, 3.05) is 11.9 Å². The number of nitrogens with zero attached hydrogens (tertiary/aromatic N) is 2. The molecular formula is C23H21N5O5. The molecule has 0 aliphatic rings. The van der Waals surface area contributed by atoms with Gasteiger partial charge in [-0.25, -0.2) is 4.98 Å². The molecule has 0 saturated carbocycles. The number of carbonyl (C=O) groups is 3. The third-order valence-corrected chi connectivity index (χ3v) is 4.98. The largest absolute Gasteiger partial charge is 0.466 e. The number of benzene rings is 1. The second-order valence-corrected chi connectivity index (χ2v) is 7.51. The Morgan fingerprint density at radius 2 is 1.85 bits per heavy atom. The maximum Gasteiger partial charge on any atom is 0.259 e. The van der Waals surface area contributed by atoms with Crippen LogP contribution in [0.2, 0.25) is 0 Å². The number of hydrogen-bond donors (Lipinski definition) is 3. The monoisotopic (exact) mass is 447 g/mol. The number of primary amides is 1. The smallest absolute Gasteiger partial charge is 0.259 e. The fourth-order valence-electron chi connectivity index (χ4n) is 3.50. The summed E-state index contributed by atoms with van der Waals surface area (Å²) >= 11 is 0. The lowest BCUT2D eigenvalue weighted by Gasteiger charge is -2.09. The Balaban J connectivity index is 1.68. The van der Waals surface area contributed by atoms with Crippen LogP contribution in [0.1, 0.15) is 37.9 Å². The molecule has 0 fully saturated rings. The molecule has 0 radical (unpaired) electrons. The lowest BCUT2D eigenvalue weighted by atomic mass is 10.0. The number of carbonyl (C=O) groups excluding carboxylic acids is 3. The summed E-state index contributed by atoms with van der Waals surface area (Å²) in [4.78, 5) is 40.9. The highest BCUT2D eigenvalue weighted by atomic mass is 16.5. The van der Waals surface area contributed by atoms with Gasteiger partial charge in [0.05, 0.1) is 28.9 Å². The Morgan fingerprint density at radius 3 is 2.55 bits per heavy atom. The molecular weight excluding hydrogens is 426 g/mol. The summed E-state index contributed by atoms with van der Waals surface area (Å²) in [7, 11) is 0. The summed E-state index contributed by atoms with van der Waals surface area (Å²) in [6, 6.07) is 9.81. The van der Waals surface area contributed by atoms with E-state index in [0.29, 0.717) is 33.8 Å². The number of fused-ring (bicyclic) bond motifs is 1. The fourth-order valence-corrected chi connectivity index (χ4v) is 3.50. The van der Waals surface area contributed by atoms with Gasteiger partial charge in [0, 0.05) is 16.8 Å². The van der Waals surface area contributed by atoms with Crippen LogP contribution in [0.5, 0.6) is 0 Å². The van der Waals surface area contributed by atoms with Gasteiger partial charge in [0.25, 0.3) is 17.5 Å². The van der Waals surface area contributed by atoms with Crippen molar-refractivity contribution in [3.8, 4) is 11.3 Å². The lowest BCUT2D eigenvalue weighted by Crippen LogP contribution is -2.33. The number of amides is 3. The van der Waals surface area contributed by atoms with E-state index in [4.69, 9.17) is 14.7 Å². The van der Waals surface area contributed by atoms with Gasteiger partial charge in [-0.05, 0) is 51.1 Å². The molecule has 3 aromatic heterocycles. The standard InChI is InChI=1S/C23H21N5O5/c1-11-7-16(13(3)32-11)18-9-17(20-12(2)28-33-23(20)27-18)22(31)26-15-6-4-5-14(8-15)21(30)25-10-19(24)29/h4-9H,10H2,1-3H3,(H2,24,29)(H,25,30)(H,26,31). The molecule has 0 aliphatic heterocycles. The minimum atomic E-state index is -0.655. The zero-order valence-corrected chi connectivity index (χ0v) is 18.2. The summed E-state index contributed by atoms with van der Waals surface area (Å²) < 4.78 is 10.9. The first-order valence-electron chi connectivity index (χ1n) is 10.0. The maximum absolute atomic E-state index is 13.3. The molecule has 10 heteroatoms. The molecule has 3 amide bonds. The molecule has 10 nitrogen and oxygen atoms in total. The Bertz CT molecular complexity index is 1400. The second kappa shape index (κ2) is 8.58. The topological polar surface area (TPSA) is 153 Å². The molecule has 33 heavy (non-hydrogen) atoms. The number of nitrogens with two attached hydrogens (primary N) is 1.